The highest BCUT2D eigenvalue weighted by molar-refractivity contribution is 7.89. The lowest BCUT2D eigenvalue weighted by Crippen LogP contribution is -2.46. The molecule has 2 aromatic carbocycles. The fourth-order valence-corrected chi connectivity index (χ4v) is 5.40. The van der Waals surface area contributed by atoms with E-state index in [0.717, 1.165) is 56.8 Å². The molecule has 0 radical (unpaired) electrons. The molecule has 7 nitrogen and oxygen atoms in total. The van der Waals surface area contributed by atoms with Crippen LogP contribution >= 0.6 is 0 Å². The molecule has 0 bridgehead atoms. The van der Waals surface area contributed by atoms with Crippen LogP contribution in [0.4, 0.5) is 10.1 Å². The van der Waals surface area contributed by atoms with Gasteiger partial charge in [-0.1, -0.05) is 6.92 Å². The summed E-state index contributed by atoms with van der Waals surface area (Å²) in [4.78, 5) is 17.6. The number of piperazine rings is 1. The van der Waals surface area contributed by atoms with Crippen LogP contribution in [0.2, 0.25) is 0 Å². The summed E-state index contributed by atoms with van der Waals surface area (Å²) in [5.74, 6) is -0.688. The Morgan fingerprint density at radius 2 is 1.76 bits per heavy atom. The van der Waals surface area contributed by atoms with Crippen LogP contribution in [0.25, 0.3) is 0 Å². The highest BCUT2D eigenvalue weighted by Crippen LogP contribution is 2.29. The molecule has 2 aliphatic rings. The minimum Gasteiger partial charge on any atom is -0.369 e. The number of likely N-dealkylation sites (N-methyl/N-ethyl adjacent to an activating group) is 1. The van der Waals surface area contributed by atoms with Crippen LogP contribution in [0, 0.1) is 5.82 Å². The van der Waals surface area contributed by atoms with Crippen LogP contribution < -0.4 is 14.9 Å². The summed E-state index contributed by atoms with van der Waals surface area (Å²) in [6.45, 7) is 8.56. The number of carbonyl (C=O) groups excluding carboxylic acids is 1. The van der Waals surface area contributed by atoms with Crippen LogP contribution in [0.3, 0.4) is 0 Å². The maximum Gasteiger partial charge on any atom is 0.251 e. The summed E-state index contributed by atoms with van der Waals surface area (Å²) in [7, 11) is -3.57. The summed E-state index contributed by atoms with van der Waals surface area (Å²) in [5.41, 5.74) is 2.00. The fraction of sp³-hybridized carbons (Fsp3) is 0.458. The van der Waals surface area contributed by atoms with Crippen molar-refractivity contribution in [1.82, 2.24) is 14.9 Å². The van der Waals surface area contributed by atoms with Crippen molar-refractivity contribution in [3.8, 4) is 0 Å². The van der Waals surface area contributed by atoms with E-state index in [1.165, 1.54) is 36.4 Å². The topological polar surface area (TPSA) is 81.8 Å². The van der Waals surface area contributed by atoms with E-state index < -0.39 is 16.1 Å². The molecule has 1 aliphatic heterocycles. The van der Waals surface area contributed by atoms with Gasteiger partial charge in [0.05, 0.1) is 10.9 Å². The highest BCUT2D eigenvalue weighted by atomic mass is 32.2. The molecule has 2 aromatic rings. The molecule has 4 rings (SSSR count). The van der Waals surface area contributed by atoms with Crippen LogP contribution in [0.1, 0.15) is 48.7 Å². The largest absolute Gasteiger partial charge is 0.369 e. The zero-order valence-electron chi connectivity index (χ0n) is 19.1. The van der Waals surface area contributed by atoms with E-state index in [4.69, 9.17) is 0 Å². The zero-order chi connectivity index (χ0) is 23.6. The third-order valence-electron chi connectivity index (χ3n) is 6.29. The number of amides is 1. The second kappa shape index (κ2) is 9.79. The number of benzene rings is 2. The van der Waals surface area contributed by atoms with Gasteiger partial charge in [0.15, 0.2) is 0 Å². The predicted molar refractivity (Wildman–Crippen MR) is 126 cm³/mol. The Morgan fingerprint density at radius 1 is 1.09 bits per heavy atom. The second-order valence-corrected chi connectivity index (χ2v) is 10.5. The molecule has 1 heterocycles. The van der Waals surface area contributed by atoms with E-state index in [-0.39, 0.29) is 22.7 Å². The predicted octanol–water partition coefficient (Wildman–Crippen LogP) is 2.90. The van der Waals surface area contributed by atoms with E-state index in [1.54, 1.807) is 6.07 Å². The van der Waals surface area contributed by atoms with Crippen molar-refractivity contribution in [3.05, 3.63) is 59.4 Å². The normalized spacial score (nSPS) is 18.2. The SMILES string of the molecule is CCN1CCN(c2ccc(F)cc2C(C)NC(=O)c2ccc(S(=O)(=O)NC3CC3)cc2)CC1. The third-order valence-corrected chi connectivity index (χ3v) is 7.83. The van der Waals surface area contributed by atoms with Crippen molar-refractivity contribution >= 4 is 21.6 Å². The van der Waals surface area contributed by atoms with Crippen molar-refractivity contribution in [2.24, 2.45) is 0 Å². The molecule has 1 saturated carbocycles. The minimum atomic E-state index is -3.57. The summed E-state index contributed by atoms with van der Waals surface area (Å²) in [6, 6.07) is 10.2. The number of hydrogen-bond donors (Lipinski definition) is 2. The number of nitrogens with zero attached hydrogens (tertiary/aromatic N) is 2. The lowest BCUT2D eigenvalue weighted by Gasteiger charge is -2.37. The van der Waals surface area contributed by atoms with Gasteiger partial charge in [-0.05, 0) is 68.8 Å². The van der Waals surface area contributed by atoms with Crippen molar-refractivity contribution in [2.45, 2.75) is 43.7 Å². The van der Waals surface area contributed by atoms with Gasteiger partial charge >= 0.3 is 0 Å². The smallest absolute Gasteiger partial charge is 0.251 e. The molecule has 1 aliphatic carbocycles. The van der Waals surface area contributed by atoms with Gasteiger partial charge < -0.3 is 15.1 Å². The van der Waals surface area contributed by atoms with Gasteiger partial charge in [-0.3, -0.25) is 4.79 Å². The first kappa shape index (κ1) is 23.7. The van der Waals surface area contributed by atoms with Crippen molar-refractivity contribution < 1.29 is 17.6 Å². The summed E-state index contributed by atoms with van der Waals surface area (Å²) in [6.07, 6.45) is 1.71. The highest BCUT2D eigenvalue weighted by Gasteiger charge is 2.28. The minimum absolute atomic E-state index is 0.0178. The first-order valence-electron chi connectivity index (χ1n) is 11.5. The van der Waals surface area contributed by atoms with Gasteiger partial charge in [0.25, 0.3) is 5.91 Å². The average Bonchev–Trinajstić information content (AvgIpc) is 3.62. The number of halogens is 1. The molecule has 1 atom stereocenters. The Bertz CT molecular complexity index is 1100. The summed E-state index contributed by atoms with van der Waals surface area (Å²) >= 11 is 0. The lowest BCUT2D eigenvalue weighted by molar-refractivity contribution is 0.0939. The lowest BCUT2D eigenvalue weighted by atomic mass is 10.0. The van der Waals surface area contributed by atoms with Crippen molar-refractivity contribution in [3.63, 3.8) is 0 Å². The molecule has 0 spiro atoms. The summed E-state index contributed by atoms with van der Waals surface area (Å²) < 4.78 is 41.4. The third kappa shape index (κ3) is 5.72. The van der Waals surface area contributed by atoms with Crippen LogP contribution in [-0.2, 0) is 10.0 Å². The van der Waals surface area contributed by atoms with E-state index in [0.29, 0.717) is 5.56 Å². The van der Waals surface area contributed by atoms with Crippen LogP contribution in [0.5, 0.6) is 0 Å². The molecule has 2 fully saturated rings. The molecule has 178 valence electrons. The van der Waals surface area contributed by atoms with E-state index in [1.807, 2.05) is 6.92 Å². The molecule has 1 amide bonds. The number of nitrogens with one attached hydrogen (secondary N) is 2. The Kier molecular flexibility index (Phi) is 7.02. The first-order valence-corrected chi connectivity index (χ1v) is 12.9. The standard InChI is InChI=1S/C24H31FN4O3S/c1-3-28-12-14-29(15-13-28)23-11-6-19(25)16-22(23)17(2)26-24(30)18-4-9-21(10-5-18)33(31,32)27-20-7-8-20/h4-6,9-11,16-17,20,27H,3,7-8,12-15H2,1-2H3,(H,26,30). The number of sulfonamides is 1. The molecule has 0 aromatic heterocycles. The maximum atomic E-state index is 14.1. The van der Waals surface area contributed by atoms with Gasteiger partial charge in [-0.25, -0.2) is 17.5 Å². The summed E-state index contributed by atoms with van der Waals surface area (Å²) in [5, 5.41) is 2.93. The fourth-order valence-electron chi connectivity index (χ4n) is 4.10. The van der Waals surface area contributed by atoms with Gasteiger partial charge in [0, 0.05) is 49.0 Å². The van der Waals surface area contributed by atoms with Crippen LogP contribution in [0.15, 0.2) is 47.4 Å². The number of carbonyl (C=O) groups is 1. The van der Waals surface area contributed by atoms with Gasteiger partial charge in [-0.2, -0.15) is 0 Å². The maximum absolute atomic E-state index is 14.1. The molecular formula is C24H31FN4O3S. The molecule has 9 heteroatoms. The van der Waals surface area contributed by atoms with Crippen LogP contribution in [-0.4, -0.2) is 58.0 Å². The molecule has 1 saturated heterocycles. The Hall–Kier alpha value is -2.49. The Morgan fingerprint density at radius 3 is 2.36 bits per heavy atom. The molecule has 1 unspecified atom stereocenters. The molecule has 2 N–H and O–H groups in total. The van der Waals surface area contributed by atoms with Crippen molar-refractivity contribution in [2.75, 3.05) is 37.6 Å². The molecule has 33 heavy (non-hydrogen) atoms. The Labute approximate surface area is 195 Å². The van der Waals surface area contributed by atoms with E-state index in [2.05, 4.69) is 26.8 Å². The monoisotopic (exact) mass is 474 g/mol. The number of rotatable bonds is 8. The number of hydrogen-bond acceptors (Lipinski definition) is 5. The number of anilines is 1. The zero-order valence-corrected chi connectivity index (χ0v) is 19.9. The van der Waals surface area contributed by atoms with Gasteiger partial charge in [0.2, 0.25) is 10.0 Å². The average molecular weight is 475 g/mol. The first-order chi connectivity index (χ1) is 15.8. The molecular weight excluding hydrogens is 443 g/mol. The van der Waals surface area contributed by atoms with Crippen molar-refractivity contribution in [1.29, 1.82) is 0 Å². The van der Waals surface area contributed by atoms with Gasteiger partial charge in [0.1, 0.15) is 5.82 Å². The second-order valence-electron chi connectivity index (χ2n) is 8.74. The van der Waals surface area contributed by atoms with E-state index in [9.17, 15) is 17.6 Å². The quantitative estimate of drug-likeness (QED) is 0.615. The van der Waals surface area contributed by atoms with Gasteiger partial charge in [-0.15, -0.1) is 0 Å². The van der Waals surface area contributed by atoms with E-state index >= 15 is 0 Å². The Balaban J connectivity index is 1.46.